The van der Waals surface area contributed by atoms with Gasteiger partial charge in [0.1, 0.15) is 22.8 Å². The van der Waals surface area contributed by atoms with Gasteiger partial charge in [-0.15, -0.1) is 0 Å². The van der Waals surface area contributed by atoms with Crippen molar-refractivity contribution in [1.29, 1.82) is 0 Å². The fourth-order valence-electron chi connectivity index (χ4n) is 2.32. The molecule has 0 aliphatic rings. The Balaban J connectivity index is 2.22. The van der Waals surface area contributed by atoms with E-state index in [1.807, 2.05) is 30.3 Å². The molecule has 0 radical (unpaired) electrons. The van der Waals surface area contributed by atoms with Crippen molar-refractivity contribution < 1.29 is 18.7 Å². The summed E-state index contributed by atoms with van der Waals surface area (Å²) in [6, 6.07) is 13.1. The van der Waals surface area contributed by atoms with E-state index < -0.39 is 0 Å². The fourth-order valence-corrected chi connectivity index (χ4v) is 2.32. The van der Waals surface area contributed by atoms with Gasteiger partial charge < -0.3 is 13.9 Å². The normalized spacial score (nSPS) is 10.6. The summed E-state index contributed by atoms with van der Waals surface area (Å²) in [6.45, 7) is 0. The molecule has 1 aromatic heterocycles. The lowest BCUT2D eigenvalue weighted by molar-refractivity contribution is 0.112. The average molecular weight is 282 g/mol. The maximum absolute atomic E-state index is 11.2. The topological polar surface area (TPSA) is 48.7 Å². The Hall–Kier alpha value is -2.75. The summed E-state index contributed by atoms with van der Waals surface area (Å²) in [5.74, 6) is 1.72. The van der Waals surface area contributed by atoms with E-state index in [1.165, 1.54) is 7.11 Å². The van der Waals surface area contributed by atoms with Crippen molar-refractivity contribution in [3.63, 3.8) is 0 Å². The van der Waals surface area contributed by atoms with Crippen LogP contribution < -0.4 is 9.47 Å². The maximum atomic E-state index is 11.2. The summed E-state index contributed by atoms with van der Waals surface area (Å²) < 4.78 is 16.4. The average Bonchev–Trinajstić information content (AvgIpc) is 2.97. The van der Waals surface area contributed by atoms with Crippen LogP contribution in [-0.4, -0.2) is 20.5 Å². The summed E-state index contributed by atoms with van der Waals surface area (Å²) >= 11 is 0. The van der Waals surface area contributed by atoms with Crippen molar-refractivity contribution in [2.75, 3.05) is 14.2 Å². The number of ether oxygens (including phenoxy) is 2. The van der Waals surface area contributed by atoms with Crippen molar-refractivity contribution in [2.24, 2.45) is 0 Å². The van der Waals surface area contributed by atoms with Gasteiger partial charge in [0.15, 0.2) is 6.29 Å². The van der Waals surface area contributed by atoms with Crippen molar-refractivity contribution >= 4 is 17.3 Å². The lowest BCUT2D eigenvalue weighted by Gasteiger charge is -2.10. The molecule has 0 bridgehead atoms. The number of benzene rings is 2. The first-order valence-electron chi connectivity index (χ1n) is 6.47. The van der Waals surface area contributed by atoms with E-state index >= 15 is 0 Å². The first kappa shape index (κ1) is 13.2. The van der Waals surface area contributed by atoms with Gasteiger partial charge in [-0.05, 0) is 18.2 Å². The van der Waals surface area contributed by atoms with E-state index in [2.05, 4.69) is 0 Å². The van der Waals surface area contributed by atoms with Gasteiger partial charge in [-0.3, -0.25) is 4.79 Å². The van der Waals surface area contributed by atoms with Crippen molar-refractivity contribution in [3.05, 3.63) is 48.0 Å². The minimum atomic E-state index is 0.453. The molecule has 0 fully saturated rings. The third kappa shape index (κ3) is 2.25. The molecule has 21 heavy (non-hydrogen) atoms. The monoisotopic (exact) mass is 282 g/mol. The highest BCUT2D eigenvalue weighted by Crippen LogP contribution is 2.37. The number of methoxy groups -OCH3 is 2. The van der Waals surface area contributed by atoms with Gasteiger partial charge in [-0.25, -0.2) is 0 Å². The zero-order valence-electron chi connectivity index (χ0n) is 11.8. The third-order valence-corrected chi connectivity index (χ3v) is 3.37. The standard InChI is InChI=1S/C17H14O4/c1-19-15-9-16(20-2)13(7-12(15)10-18)17-8-11-5-3-4-6-14(11)21-17/h3-10H,1-2H3. The van der Waals surface area contributed by atoms with Crippen LogP contribution in [0.4, 0.5) is 0 Å². The van der Waals surface area contributed by atoms with Crippen LogP contribution in [0.1, 0.15) is 10.4 Å². The van der Waals surface area contributed by atoms with E-state index in [0.717, 1.165) is 22.8 Å². The number of hydrogen-bond acceptors (Lipinski definition) is 4. The first-order chi connectivity index (χ1) is 10.3. The predicted molar refractivity (Wildman–Crippen MR) is 80.1 cm³/mol. The van der Waals surface area contributed by atoms with Crippen molar-refractivity contribution in [3.8, 4) is 22.8 Å². The lowest BCUT2D eigenvalue weighted by Crippen LogP contribution is -1.95. The molecule has 3 aromatic rings. The lowest BCUT2D eigenvalue weighted by atomic mass is 10.1. The largest absolute Gasteiger partial charge is 0.496 e. The fraction of sp³-hybridized carbons (Fsp3) is 0.118. The quantitative estimate of drug-likeness (QED) is 0.680. The summed E-state index contributed by atoms with van der Waals surface area (Å²) in [7, 11) is 3.09. The molecule has 0 spiro atoms. The summed E-state index contributed by atoms with van der Waals surface area (Å²) in [5, 5.41) is 0.998. The number of carbonyl (C=O) groups excluding carboxylic acids is 1. The number of rotatable bonds is 4. The molecular formula is C17H14O4. The number of para-hydroxylation sites is 1. The Labute approximate surface area is 121 Å². The molecule has 1 heterocycles. The summed E-state index contributed by atoms with van der Waals surface area (Å²) in [5.41, 5.74) is 1.96. The van der Waals surface area contributed by atoms with E-state index in [4.69, 9.17) is 13.9 Å². The van der Waals surface area contributed by atoms with Crippen molar-refractivity contribution in [2.45, 2.75) is 0 Å². The van der Waals surface area contributed by atoms with E-state index in [9.17, 15) is 4.79 Å². The predicted octanol–water partition coefficient (Wildman–Crippen LogP) is 3.93. The van der Waals surface area contributed by atoms with Gasteiger partial charge in [0.25, 0.3) is 0 Å². The third-order valence-electron chi connectivity index (χ3n) is 3.37. The zero-order valence-corrected chi connectivity index (χ0v) is 11.8. The Morgan fingerprint density at radius 1 is 1.00 bits per heavy atom. The summed E-state index contributed by atoms with van der Waals surface area (Å²) in [6.07, 6.45) is 0.754. The van der Waals surface area contributed by atoms with Gasteiger partial charge in [0.2, 0.25) is 0 Å². The van der Waals surface area contributed by atoms with E-state index in [-0.39, 0.29) is 0 Å². The molecule has 0 aliphatic carbocycles. The number of aldehydes is 1. The molecule has 3 rings (SSSR count). The molecule has 0 aliphatic heterocycles. The maximum Gasteiger partial charge on any atom is 0.153 e. The molecule has 0 saturated carbocycles. The molecule has 4 nitrogen and oxygen atoms in total. The first-order valence-corrected chi connectivity index (χ1v) is 6.47. The van der Waals surface area contributed by atoms with Crippen LogP contribution >= 0.6 is 0 Å². The van der Waals surface area contributed by atoms with Crippen LogP contribution in [-0.2, 0) is 0 Å². The SMILES string of the molecule is COc1cc(OC)c(-c2cc3ccccc3o2)cc1C=O. The van der Waals surface area contributed by atoms with Crippen molar-refractivity contribution in [1.82, 2.24) is 0 Å². The van der Waals surface area contributed by atoms with Crippen LogP contribution in [0.15, 0.2) is 46.9 Å². The second kappa shape index (κ2) is 5.32. The van der Waals surface area contributed by atoms with Crippen LogP contribution in [0.2, 0.25) is 0 Å². The Morgan fingerprint density at radius 2 is 1.76 bits per heavy atom. The van der Waals surface area contributed by atoms with Crippen LogP contribution in [0.25, 0.3) is 22.3 Å². The highest BCUT2D eigenvalue weighted by Gasteiger charge is 2.15. The molecule has 0 atom stereocenters. The highest BCUT2D eigenvalue weighted by molar-refractivity contribution is 5.88. The Morgan fingerprint density at radius 3 is 2.43 bits per heavy atom. The Bertz CT molecular complexity index is 769. The summed E-state index contributed by atoms with van der Waals surface area (Å²) in [4.78, 5) is 11.2. The minimum Gasteiger partial charge on any atom is -0.496 e. The van der Waals surface area contributed by atoms with Gasteiger partial charge in [-0.2, -0.15) is 0 Å². The molecule has 2 aromatic carbocycles. The van der Waals surface area contributed by atoms with E-state index in [0.29, 0.717) is 22.8 Å². The number of hydrogen-bond donors (Lipinski definition) is 0. The zero-order chi connectivity index (χ0) is 14.8. The smallest absolute Gasteiger partial charge is 0.153 e. The number of furan rings is 1. The molecule has 4 heteroatoms. The minimum absolute atomic E-state index is 0.453. The Kier molecular flexibility index (Phi) is 3.36. The molecule has 0 N–H and O–H groups in total. The van der Waals surface area contributed by atoms with Gasteiger partial charge in [0, 0.05) is 11.5 Å². The second-order valence-corrected chi connectivity index (χ2v) is 4.56. The van der Waals surface area contributed by atoms with Gasteiger partial charge >= 0.3 is 0 Å². The number of carbonyl (C=O) groups is 1. The molecule has 0 saturated heterocycles. The molecular weight excluding hydrogens is 268 g/mol. The van der Waals surface area contributed by atoms with Crippen LogP contribution in [0, 0.1) is 0 Å². The van der Waals surface area contributed by atoms with E-state index in [1.54, 1.807) is 19.2 Å². The van der Waals surface area contributed by atoms with Gasteiger partial charge in [-0.1, -0.05) is 18.2 Å². The van der Waals surface area contributed by atoms with Gasteiger partial charge in [0.05, 0.1) is 25.3 Å². The second-order valence-electron chi connectivity index (χ2n) is 4.56. The molecule has 0 unspecified atom stereocenters. The molecule has 106 valence electrons. The van der Waals surface area contributed by atoms with Crippen LogP contribution in [0.5, 0.6) is 11.5 Å². The van der Waals surface area contributed by atoms with Crippen LogP contribution in [0.3, 0.4) is 0 Å². The molecule has 0 amide bonds. The number of fused-ring (bicyclic) bond motifs is 1. The highest BCUT2D eigenvalue weighted by atomic mass is 16.5.